The first-order valence-electron chi connectivity index (χ1n) is 3.48. The van der Waals surface area contributed by atoms with Gasteiger partial charge in [-0.3, -0.25) is 0 Å². The second-order valence-corrected chi connectivity index (χ2v) is 3.22. The maximum Gasteiger partial charge on any atom is 0.148 e. The van der Waals surface area contributed by atoms with Crippen molar-refractivity contribution in [1.82, 2.24) is 4.98 Å². The van der Waals surface area contributed by atoms with Gasteiger partial charge in [0.25, 0.3) is 0 Å². The topological polar surface area (TPSA) is 12.9 Å². The van der Waals surface area contributed by atoms with Gasteiger partial charge < -0.3 is 0 Å². The molecule has 61 valence electrons. The molecule has 13 heavy (non-hydrogen) atoms. The van der Waals surface area contributed by atoms with Crippen LogP contribution in [0.2, 0.25) is 10.2 Å². The largest absolute Gasteiger partial charge is 0.235 e. The van der Waals surface area contributed by atoms with E-state index in [9.17, 15) is 0 Å². The van der Waals surface area contributed by atoms with Crippen LogP contribution in [0.1, 0.15) is 0 Å². The molecule has 0 fully saturated rings. The minimum absolute atomic E-state index is 0. The van der Waals surface area contributed by atoms with E-state index in [-0.39, 0.29) is 29.6 Å². The first-order valence-corrected chi connectivity index (χ1v) is 4.24. The van der Waals surface area contributed by atoms with Crippen LogP contribution >= 0.6 is 23.2 Å². The Balaban J connectivity index is 0.000000845. The summed E-state index contributed by atoms with van der Waals surface area (Å²) in [6.45, 7) is 0. The van der Waals surface area contributed by atoms with Crippen LogP contribution < -0.4 is 0 Å². The summed E-state index contributed by atoms with van der Waals surface area (Å²) >= 11 is 11.5. The zero-order valence-corrected chi connectivity index (χ0v) is 10.6. The van der Waals surface area contributed by atoms with Crippen LogP contribution in [-0.4, -0.2) is 34.5 Å². The first kappa shape index (κ1) is 11.3. The zero-order valence-electron chi connectivity index (χ0n) is 7.09. The second kappa shape index (κ2) is 4.63. The molecule has 0 aliphatic carbocycles. The number of fused-ring (bicyclic) bond motifs is 1. The summed E-state index contributed by atoms with van der Waals surface area (Å²) in [5.41, 5.74) is 0.868. The Labute approximate surface area is 108 Å². The molecule has 0 aliphatic heterocycles. The van der Waals surface area contributed by atoms with Crippen molar-refractivity contribution < 1.29 is 0 Å². The van der Waals surface area contributed by atoms with E-state index in [0.29, 0.717) is 10.2 Å². The van der Waals surface area contributed by atoms with Crippen LogP contribution in [0.15, 0.2) is 30.3 Å². The monoisotopic (exact) mass is 220 g/mol. The van der Waals surface area contributed by atoms with E-state index >= 15 is 0 Å². The number of halogens is 2. The number of hydrogen-bond donors (Lipinski definition) is 0. The van der Waals surface area contributed by atoms with Crippen molar-refractivity contribution in [3.05, 3.63) is 40.5 Å². The Hall–Kier alpha value is 0.210. The van der Waals surface area contributed by atoms with Crippen LogP contribution in [0.5, 0.6) is 0 Å². The molecule has 0 saturated carbocycles. The molecule has 1 aromatic heterocycles. The first-order chi connectivity index (χ1) is 5.77. The van der Waals surface area contributed by atoms with Crippen molar-refractivity contribution in [2.75, 3.05) is 0 Å². The van der Waals surface area contributed by atoms with Crippen molar-refractivity contribution in [2.45, 2.75) is 0 Å². The quantitative estimate of drug-likeness (QED) is 0.491. The molecule has 0 N–H and O–H groups in total. The number of benzene rings is 1. The third-order valence-corrected chi connectivity index (χ3v) is 2.31. The molecule has 4 heteroatoms. The molecule has 1 aromatic carbocycles. The third-order valence-electron chi connectivity index (χ3n) is 1.63. The molecule has 0 spiro atoms. The van der Waals surface area contributed by atoms with Crippen molar-refractivity contribution in [2.24, 2.45) is 0 Å². The molecule has 0 atom stereocenters. The maximum atomic E-state index is 5.79. The van der Waals surface area contributed by atoms with Crippen molar-refractivity contribution in [3.63, 3.8) is 0 Å². The van der Waals surface area contributed by atoms with Crippen LogP contribution in [-0.2, 0) is 0 Å². The fraction of sp³-hybridized carbons (Fsp3) is 0. The van der Waals surface area contributed by atoms with Gasteiger partial charge in [0, 0.05) is 34.9 Å². The summed E-state index contributed by atoms with van der Waals surface area (Å²) in [7, 11) is 0. The molecule has 0 unspecified atom stereocenters. The summed E-state index contributed by atoms with van der Waals surface area (Å²) < 4.78 is 0. The predicted molar refractivity (Wildman–Crippen MR) is 57.5 cm³/mol. The summed E-state index contributed by atoms with van der Waals surface area (Å²) in [5.74, 6) is 0. The minimum atomic E-state index is 0. The van der Waals surface area contributed by atoms with E-state index in [1.165, 1.54) is 0 Å². The summed E-state index contributed by atoms with van der Waals surface area (Å²) in [4.78, 5) is 4.11. The average Bonchev–Trinajstić information content (AvgIpc) is 2.07. The van der Waals surface area contributed by atoms with Gasteiger partial charge in [0.15, 0.2) is 0 Å². The average molecular weight is 221 g/mol. The minimum Gasteiger partial charge on any atom is -0.235 e. The molecule has 0 bridgehead atoms. The van der Waals surface area contributed by atoms with Gasteiger partial charge in [-0.25, -0.2) is 4.98 Å². The molecule has 0 saturated heterocycles. The van der Waals surface area contributed by atoms with Gasteiger partial charge in [0.1, 0.15) is 5.15 Å². The molecule has 1 radical (unpaired) electrons. The zero-order chi connectivity index (χ0) is 8.55. The summed E-state index contributed by atoms with van der Waals surface area (Å²) in [5, 5.41) is 1.86. The molecule has 1 heterocycles. The van der Waals surface area contributed by atoms with E-state index < -0.39 is 0 Å². The van der Waals surface area contributed by atoms with E-state index in [0.717, 1.165) is 10.9 Å². The number of rotatable bonds is 0. The van der Waals surface area contributed by atoms with Crippen molar-refractivity contribution >= 4 is 63.7 Å². The van der Waals surface area contributed by atoms with E-state index in [1.807, 2.05) is 30.3 Å². The van der Waals surface area contributed by atoms with Crippen molar-refractivity contribution in [3.8, 4) is 0 Å². The van der Waals surface area contributed by atoms with Gasteiger partial charge in [-0.1, -0.05) is 41.4 Å². The van der Waals surface area contributed by atoms with Crippen LogP contribution in [0.3, 0.4) is 0 Å². The molecule has 0 aliphatic rings. The Morgan fingerprint density at radius 2 is 1.77 bits per heavy atom. The second-order valence-electron chi connectivity index (χ2n) is 2.45. The Kier molecular flexibility index (Phi) is 4.02. The van der Waals surface area contributed by atoms with Crippen LogP contribution in [0, 0.1) is 0 Å². The molecule has 1 nitrogen and oxygen atoms in total. The van der Waals surface area contributed by atoms with Crippen LogP contribution in [0.25, 0.3) is 10.9 Å². The van der Waals surface area contributed by atoms with Crippen molar-refractivity contribution in [1.29, 1.82) is 0 Å². The number of para-hydroxylation sites is 1. The molecular formula is C9H5Cl2NNa. The summed E-state index contributed by atoms with van der Waals surface area (Å²) in [6, 6.07) is 9.52. The summed E-state index contributed by atoms with van der Waals surface area (Å²) in [6.07, 6.45) is 0. The van der Waals surface area contributed by atoms with E-state index in [1.54, 1.807) is 0 Å². The third kappa shape index (κ3) is 2.36. The molecular weight excluding hydrogens is 216 g/mol. The van der Waals surface area contributed by atoms with Crippen LogP contribution in [0.4, 0.5) is 0 Å². The van der Waals surface area contributed by atoms with E-state index in [4.69, 9.17) is 23.2 Å². The maximum absolute atomic E-state index is 5.79. The molecule has 2 rings (SSSR count). The standard InChI is InChI=1S/C9H5Cl2N.Na/c10-7-5-6-3-1-2-4-8(6)12-9(7)11;/h1-5H;. The number of pyridine rings is 1. The Bertz CT molecular complexity index is 390. The van der Waals surface area contributed by atoms with Gasteiger partial charge in [-0.2, -0.15) is 0 Å². The number of aromatic nitrogens is 1. The predicted octanol–water partition coefficient (Wildman–Crippen LogP) is 3.16. The van der Waals surface area contributed by atoms with E-state index in [2.05, 4.69) is 4.98 Å². The van der Waals surface area contributed by atoms with Gasteiger partial charge >= 0.3 is 0 Å². The molecule has 2 aromatic rings. The fourth-order valence-electron chi connectivity index (χ4n) is 1.07. The fourth-order valence-corrected chi connectivity index (χ4v) is 1.37. The van der Waals surface area contributed by atoms with Gasteiger partial charge in [-0.05, 0) is 12.1 Å². The Morgan fingerprint density at radius 1 is 1.08 bits per heavy atom. The smallest absolute Gasteiger partial charge is 0.148 e. The van der Waals surface area contributed by atoms with Gasteiger partial charge in [0.05, 0.1) is 10.5 Å². The Morgan fingerprint density at radius 3 is 2.54 bits per heavy atom. The SMILES string of the molecule is Clc1cc2ccccc2nc1Cl.[Na]. The van der Waals surface area contributed by atoms with Gasteiger partial charge in [-0.15, -0.1) is 0 Å². The number of nitrogens with zero attached hydrogens (tertiary/aromatic N) is 1. The van der Waals surface area contributed by atoms with Gasteiger partial charge in [0.2, 0.25) is 0 Å². The normalized spacial score (nSPS) is 9.69. The molecule has 0 amide bonds. The number of hydrogen-bond acceptors (Lipinski definition) is 1.